The smallest absolute Gasteiger partial charge is 0.408 e. The number of carbonyl (C=O) groups is 4. The maximum absolute atomic E-state index is 13.7. The van der Waals surface area contributed by atoms with Gasteiger partial charge < -0.3 is 44.9 Å². The second kappa shape index (κ2) is 20.0. The molecule has 61 heavy (non-hydrogen) atoms. The molecule has 1 aromatic heterocycles. The number of hydrogen-bond acceptors (Lipinski definition) is 12. The Morgan fingerprint density at radius 2 is 1.74 bits per heavy atom. The Balaban J connectivity index is 1.04. The van der Waals surface area contributed by atoms with Gasteiger partial charge in [-0.3, -0.25) is 9.59 Å². The average molecular weight is 847 g/mol. The first-order valence-electron chi connectivity index (χ1n) is 22.7. The van der Waals surface area contributed by atoms with Gasteiger partial charge in [-0.15, -0.1) is 0 Å². The highest BCUT2D eigenvalue weighted by atomic mass is 16.6. The number of benzene rings is 1. The summed E-state index contributed by atoms with van der Waals surface area (Å²) in [5.41, 5.74) is 1.07. The highest BCUT2D eigenvalue weighted by molar-refractivity contribution is 6.04. The zero-order valence-electron chi connectivity index (χ0n) is 37.9. The van der Waals surface area contributed by atoms with E-state index in [0.717, 1.165) is 76.7 Å². The Morgan fingerprint density at radius 1 is 1.02 bits per heavy atom. The van der Waals surface area contributed by atoms with Crippen molar-refractivity contribution in [1.29, 1.82) is 0 Å². The Labute approximate surface area is 362 Å². The Bertz CT molecular complexity index is 1850. The first-order chi connectivity index (χ1) is 29.0. The van der Waals surface area contributed by atoms with Gasteiger partial charge in [0.1, 0.15) is 35.2 Å². The van der Waals surface area contributed by atoms with Crippen molar-refractivity contribution in [3.63, 3.8) is 0 Å². The van der Waals surface area contributed by atoms with E-state index >= 15 is 0 Å². The highest BCUT2D eigenvalue weighted by Gasteiger charge is 2.41. The monoisotopic (exact) mass is 847 g/mol. The van der Waals surface area contributed by atoms with E-state index in [0.29, 0.717) is 65.8 Å². The number of likely N-dealkylation sites (tertiary alicyclic amines) is 1. The lowest BCUT2D eigenvalue weighted by atomic mass is 9.75. The lowest BCUT2D eigenvalue weighted by Crippen LogP contribution is -2.55. The van der Waals surface area contributed by atoms with Crippen LogP contribution in [-0.4, -0.2) is 108 Å². The second-order valence-corrected chi connectivity index (χ2v) is 19.0. The van der Waals surface area contributed by atoms with E-state index in [4.69, 9.17) is 19.2 Å². The summed E-state index contributed by atoms with van der Waals surface area (Å²) in [6.45, 7) is 16.0. The molecule has 2 aliphatic carbocycles. The van der Waals surface area contributed by atoms with Gasteiger partial charge in [-0.1, -0.05) is 47.0 Å². The van der Waals surface area contributed by atoms with Crippen LogP contribution in [0.25, 0.3) is 0 Å². The molecule has 2 saturated carbocycles. The van der Waals surface area contributed by atoms with E-state index in [-0.39, 0.29) is 36.0 Å². The molecule has 3 fully saturated rings. The summed E-state index contributed by atoms with van der Waals surface area (Å²) in [6.07, 6.45) is 10.7. The normalized spacial score (nSPS) is 23.3. The quantitative estimate of drug-likeness (QED) is 0.164. The summed E-state index contributed by atoms with van der Waals surface area (Å²) in [5, 5.41) is 9.31. The fourth-order valence-electron chi connectivity index (χ4n) is 9.56. The third-order valence-electron chi connectivity index (χ3n) is 13.0. The minimum absolute atomic E-state index is 0.0295. The van der Waals surface area contributed by atoms with Gasteiger partial charge in [0.2, 0.25) is 11.9 Å². The minimum atomic E-state index is -0.837. The van der Waals surface area contributed by atoms with Crippen molar-refractivity contribution in [2.75, 3.05) is 48.9 Å². The number of anilines is 4. The van der Waals surface area contributed by atoms with Gasteiger partial charge >= 0.3 is 12.1 Å². The van der Waals surface area contributed by atoms with E-state index in [1.54, 1.807) is 64.2 Å². The maximum Gasteiger partial charge on any atom is 0.408 e. The molecule has 0 spiro atoms. The number of esters is 1. The predicted molar refractivity (Wildman–Crippen MR) is 236 cm³/mol. The first kappa shape index (κ1) is 45.9. The van der Waals surface area contributed by atoms with Crippen molar-refractivity contribution in [3.8, 4) is 5.75 Å². The summed E-state index contributed by atoms with van der Waals surface area (Å²) < 4.78 is 17.4. The molecule has 0 radical (unpaired) electrons. The molecular weight excluding hydrogens is 777 g/mol. The molecule has 2 unspecified atom stereocenters. The molecule has 1 aromatic carbocycles. The number of nitrogens with one attached hydrogen (secondary N) is 3. The number of carbonyl (C=O) groups excluding carboxylic acids is 4. The summed E-state index contributed by atoms with van der Waals surface area (Å²) in [5.74, 6) is 2.22. The van der Waals surface area contributed by atoms with Crippen molar-refractivity contribution in [2.45, 2.75) is 155 Å². The van der Waals surface area contributed by atoms with Crippen LogP contribution in [0.2, 0.25) is 0 Å². The average Bonchev–Trinajstić information content (AvgIpc) is 3.75. The molecule has 3 heterocycles. The molecule has 3 amide bonds. The van der Waals surface area contributed by atoms with Crippen LogP contribution in [-0.2, 0) is 19.1 Å². The lowest BCUT2D eigenvalue weighted by molar-refractivity contribution is -0.158. The van der Waals surface area contributed by atoms with Gasteiger partial charge in [0.05, 0.1) is 19.0 Å². The number of nitrogens with zero attached hydrogens (tertiary/aromatic N) is 5. The molecule has 3 N–H and O–H groups in total. The summed E-state index contributed by atoms with van der Waals surface area (Å²) in [6, 6.07) is 4.38. The van der Waals surface area contributed by atoms with Crippen molar-refractivity contribution >= 4 is 47.0 Å². The van der Waals surface area contributed by atoms with Crippen LogP contribution >= 0.6 is 0 Å². The predicted octanol–water partition coefficient (Wildman–Crippen LogP) is 7.21. The van der Waals surface area contributed by atoms with E-state index < -0.39 is 23.7 Å². The zero-order valence-corrected chi connectivity index (χ0v) is 37.9. The van der Waals surface area contributed by atoms with Gasteiger partial charge in [0.25, 0.3) is 5.91 Å². The molecule has 15 nitrogen and oxygen atoms in total. The first-order valence-corrected chi connectivity index (χ1v) is 22.7. The van der Waals surface area contributed by atoms with Crippen molar-refractivity contribution in [1.82, 2.24) is 25.5 Å². The third kappa shape index (κ3) is 11.4. The molecule has 2 aliphatic heterocycles. The van der Waals surface area contributed by atoms with Crippen LogP contribution < -0.4 is 30.5 Å². The largest absolute Gasteiger partial charge is 0.495 e. The van der Waals surface area contributed by atoms with Crippen LogP contribution in [0, 0.1) is 17.8 Å². The molecular formula is C46H70N8O7. The number of fused-ring (bicyclic) bond motifs is 1. The van der Waals surface area contributed by atoms with Crippen LogP contribution in [0.1, 0.15) is 129 Å². The molecule has 336 valence electrons. The number of methoxy groups -OCH3 is 1. The number of amides is 3. The second-order valence-electron chi connectivity index (χ2n) is 19.0. The molecule has 6 rings (SSSR count). The van der Waals surface area contributed by atoms with E-state index in [1.165, 1.54) is 0 Å². The number of hydrogen-bond donors (Lipinski definition) is 3. The van der Waals surface area contributed by atoms with E-state index in [9.17, 15) is 19.2 Å². The summed E-state index contributed by atoms with van der Waals surface area (Å²) in [7, 11) is 3.35. The summed E-state index contributed by atoms with van der Waals surface area (Å²) in [4.78, 5) is 69.1. The molecule has 4 aliphatic rings. The Kier molecular flexibility index (Phi) is 15.1. The number of alkyl carbamates (subject to hydrolysis) is 1. The standard InChI is InChI=1S/C46H70N8O7/c1-10-36-42(56)52(8)37-27-47-44(51-40(37)54(36)32-13-11-12-14-32)49-34-18-16-30(26-39(34)59-9)41(55)48-31-19-22-53(23-20-31)24-21-35(50-45(58)61-46(5,6)7)43(57)60-38-25-29(4)15-17-33(38)28(2)3/h16,18,26-29,31-33,35-36,38H,10-15,17,19-25H2,1-9H3,(H,48,55)(H,50,58)(H,47,49,51)/t29-,33?,35+,36-,38?/m1/s1. The molecule has 1 saturated heterocycles. The van der Waals surface area contributed by atoms with E-state index in [1.807, 2.05) is 6.92 Å². The van der Waals surface area contributed by atoms with Gasteiger partial charge in [-0.25, -0.2) is 14.6 Å². The molecule has 2 aromatic rings. The number of rotatable bonds is 14. The van der Waals surface area contributed by atoms with Crippen LogP contribution in [0.15, 0.2) is 24.4 Å². The Hall–Kier alpha value is -4.66. The Morgan fingerprint density at radius 3 is 2.39 bits per heavy atom. The summed E-state index contributed by atoms with van der Waals surface area (Å²) >= 11 is 0. The molecule has 0 bridgehead atoms. The number of piperidine rings is 1. The van der Waals surface area contributed by atoms with Gasteiger partial charge in [-0.2, -0.15) is 4.98 Å². The van der Waals surface area contributed by atoms with Crippen molar-refractivity contribution < 1.29 is 33.4 Å². The van der Waals surface area contributed by atoms with Crippen LogP contribution in [0.4, 0.5) is 27.9 Å². The van der Waals surface area contributed by atoms with E-state index in [2.05, 4.69) is 51.5 Å². The van der Waals surface area contributed by atoms with Crippen molar-refractivity contribution in [3.05, 3.63) is 30.0 Å². The number of aromatic nitrogens is 2. The number of likely N-dealkylation sites (N-methyl/N-ethyl adjacent to an activating group) is 1. The van der Waals surface area contributed by atoms with Gasteiger partial charge in [0.15, 0.2) is 5.82 Å². The van der Waals surface area contributed by atoms with Crippen LogP contribution in [0.5, 0.6) is 5.75 Å². The minimum Gasteiger partial charge on any atom is -0.495 e. The lowest BCUT2D eigenvalue weighted by Gasteiger charge is -2.43. The third-order valence-corrected chi connectivity index (χ3v) is 13.0. The van der Waals surface area contributed by atoms with Gasteiger partial charge in [-0.05, 0) is 108 Å². The van der Waals surface area contributed by atoms with Crippen LogP contribution in [0.3, 0.4) is 0 Å². The fraction of sp³-hybridized carbons (Fsp3) is 0.696. The molecule has 15 heteroatoms. The SMILES string of the molecule is CC[C@@H]1C(=O)N(C)c2cnc(Nc3ccc(C(=O)NC4CCN(CC[C@H](NC(=O)OC(C)(C)C)C(=O)OC5C[C@H](C)CCC5C(C)C)CC4)cc3OC)nc2N1C1CCCC1. The fourth-order valence-corrected chi connectivity index (χ4v) is 9.56. The van der Waals surface area contributed by atoms with Crippen molar-refractivity contribution in [2.24, 2.45) is 17.8 Å². The molecule has 5 atom stereocenters. The topological polar surface area (TPSA) is 168 Å². The highest BCUT2D eigenvalue weighted by Crippen LogP contribution is 2.41. The maximum atomic E-state index is 13.7. The zero-order chi connectivity index (χ0) is 44.0. The number of ether oxygens (including phenoxy) is 3. The van der Waals surface area contributed by atoms with Gasteiger partial charge in [0, 0.05) is 44.3 Å².